The smallest absolute Gasteiger partial charge is 0.335 e. The number of nitrogens with zero attached hydrogens (tertiary/aromatic N) is 1. The third-order valence-corrected chi connectivity index (χ3v) is 3.95. The molecule has 0 heterocycles. The van der Waals surface area contributed by atoms with Crippen molar-refractivity contribution in [3.8, 4) is 11.5 Å². The van der Waals surface area contributed by atoms with Gasteiger partial charge in [-0.3, -0.25) is 4.99 Å². The highest BCUT2D eigenvalue weighted by Crippen LogP contribution is 2.28. The van der Waals surface area contributed by atoms with Gasteiger partial charge in [0, 0.05) is 6.21 Å². The predicted molar refractivity (Wildman–Crippen MR) is 104 cm³/mol. The Morgan fingerprint density at radius 3 is 2.54 bits per heavy atom. The number of benzene rings is 3. The molecule has 3 aromatic rings. The molecule has 142 valence electrons. The number of carboxylic acid groups (broad SMARTS) is 1. The van der Waals surface area contributed by atoms with Crippen LogP contribution >= 0.6 is 0 Å². The first-order valence-corrected chi connectivity index (χ1v) is 8.48. The Morgan fingerprint density at radius 2 is 1.86 bits per heavy atom. The van der Waals surface area contributed by atoms with E-state index in [0.29, 0.717) is 17.2 Å². The maximum absolute atomic E-state index is 13.2. The Balaban J connectivity index is 1.69. The van der Waals surface area contributed by atoms with Crippen LogP contribution in [-0.2, 0) is 6.61 Å². The molecule has 0 aliphatic heterocycles. The van der Waals surface area contributed by atoms with E-state index in [4.69, 9.17) is 14.6 Å². The second-order valence-corrected chi connectivity index (χ2v) is 5.94. The molecule has 6 heteroatoms. The van der Waals surface area contributed by atoms with Gasteiger partial charge < -0.3 is 14.6 Å². The molecule has 0 radical (unpaired) electrons. The van der Waals surface area contributed by atoms with E-state index >= 15 is 0 Å². The standard InChI is InChI=1S/C22H18FNO4/c1-27-21-11-16(13-24-19-4-2-3-18(23)12-19)7-10-20(21)28-14-15-5-8-17(9-6-15)22(25)26/h2-13H,14H2,1H3,(H,25,26). The molecule has 0 aliphatic rings. The van der Waals surface area contributed by atoms with E-state index < -0.39 is 5.97 Å². The van der Waals surface area contributed by atoms with Gasteiger partial charge in [-0.1, -0.05) is 18.2 Å². The first-order chi connectivity index (χ1) is 13.5. The number of ether oxygens (including phenoxy) is 2. The number of carboxylic acids is 1. The second kappa shape index (κ2) is 8.81. The summed E-state index contributed by atoms with van der Waals surface area (Å²) in [6.45, 7) is 0.271. The van der Waals surface area contributed by atoms with Crippen LogP contribution < -0.4 is 9.47 Å². The molecule has 28 heavy (non-hydrogen) atoms. The van der Waals surface area contributed by atoms with Crippen LogP contribution in [0.25, 0.3) is 0 Å². The summed E-state index contributed by atoms with van der Waals surface area (Å²) in [6.07, 6.45) is 1.62. The SMILES string of the molecule is COc1cc(C=Nc2cccc(F)c2)ccc1OCc1ccc(C(=O)O)cc1. The van der Waals surface area contributed by atoms with Gasteiger partial charge in [0.25, 0.3) is 0 Å². The largest absolute Gasteiger partial charge is 0.493 e. The Morgan fingerprint density at radius 1 is 1.07 bits per heavy atom. The van der Waals surface area contributed by atoms with Crippen molar-refractivity contribution < 1.29 is 23.8 Å². The van der Waals surface area contributed by atoms with Crippen LogP contribution in [0.1, 0.15) is 21.5 Å². The zero-order valence-corrected chi connectivity index (χ0v) is 15.1. The number of hydrogen-bond acceptors (Lipinski definition) is 4. The van der Waals surface area contributed by atoms with Crippen molar-refractivity contribution in [3.63, 3.8) is 0 Å². The molecular formula is C22H18FNO4. The zero-order valence-electron chi connectivity index (χ0n) is 15.1. The molecule has 0 amide bonds. The number of carbonyl (C=O) groups is 1. The quantitative estimate of drug-likeness (QED) is 0.595. The highest BCUT2D eigenvalue weighted by Gasteiger charge is 2.07. The van der Waals surface area contributed by atoms with Crippen molar-refractivity contribution in [3.05, 3.63) is 89.2 Å². The summed E-state index contributed by atoms with van der Waals surface area (Å²) in [7, 11) is 1.54. The van der Waals surface area contributed by atoms with Crippen molar-refractivity contribution in [1.82, 2.24) is 0 Å². The molecular weight excluding hydrogens is 361 g/mol. The van der Waals surface area contributed by atoms with Gasteiger partial charge in [0.2, 0.25) is 0 Å². The minimum atomic E-state index is -0.968. The van der Waals surface area contributed by atoms with Crippen LogP contribution in [0.2, 0.25) is 0 Å². The lowest BCUT2D eigenvalue weighted by atomic mass is 10.1. The molecule has 0 saturated heterocycles. The number of hydrogen-bond donors (Lipinski definition) is 1. The lowest BCUT2D eigenvalue weighted by Crippen LogP contribution is -2.00. The fourth-order valence-corrected chi connectivity index (χ4v) is 2.49. The molecule has 0 aliphatic carbocycles. The normalized spacial score (nSPS) is 10.8. The minimum Gasteiger partial charge on any atom is -0.493 e. The molecule has 0 unspecified atom stereocenters. The zero-order chi connectivity index (χ0) is 19.9. The molecule has 5 nitrogen and oxygen atoms in total. The first kappa shape index (κ1) is 19.1. The van der Waals surface area contributed by atoms with Gasteiger partial charge in [-0.2, -0.15) is 0 Å². The van der Waals surface area contributed by atoms with Crippen molar-refractivity contribution in [2.45, 2.75) is 6.61 Å². The Bertz CT molecular complexity index is 1000. The molecule has 3 rings (SSSR count). The van der Waals surface area contributed by atoms with E-state index in [0.717, 1.165) is 11.1 Å². The van der Waals surface area contributed by atoms with E-state index in [1.54, 1.807) is 42.6 Å². The van der Waals surface area contributed by atoms with Crippen LogP contribution in [0, 0.1) is 5.82 Å². The number of halogens is 1. The van der Waals surface area contributed by atoms with E-state index in [1.807, 2.05) is 6.07 Å². The van der Waals surface area contributed by atoms with Crippen molar-refractivity contribution in [2.75, 3.05) is 7.11 Å². The lowest BCUT2D eigenvalue weighted by molar-refractivity contribution is 0.0697. The van der Waals surface area contributed by atoms with Gasteiger partial charge >= 0.3 is 5.97 Å². The van der Waals surface area contributed by atoms with Gasteiger partial charge in [-0.05, 0) is 59.7 Å². The molecule has 0 bridgehead atoms. The lowest BCUT2D eigenvalue weighted by Gasteiger charge is -2.11. The third kappa shape index (κ3) is 4.94. The van der Waals surface area contributed by atoms with E-state index in [2.05, 4.69) is 4.99 Å². The fourth-order valence-electron chi connectivity index (χ4n) is 2.49. The number of methoxy groups -OCH3 is 1. The predicted octanol–water partition coefficient (Wildman–Crippen LogP) is 4.86. The molecule has 0 aromatic heterocycles. The number of rotatable bonds is 7. The minimum absolute atomic E-state index is 0.225. The molecule has 0 spiro atoms. The van der Waals surface area contributed by atoms with Gasteiger partial charge in [-0.25, -0.2) is 9.18 Å². The number of aliphatic imine (C=N–C) groups is 1. The summed E-state index contributed by atoms with van der Waals surface area (Å²) < 4.78 is 24.4. The second-order valence-electron chi connectivity index (χ2n) is 5.94. The topological polar surface area (TPSA) is 68.1 Å². The van der Waals surface area contributed by atoms with E-state index in [1.165, 1.54) is 31.4 Å². The van der Waals surface area contributed by atoms with E-state index in [-0.39, 0.29) is 18.0 Å². The van der Waals surface area contributed by atoms with Gasteiger partial charge in [0.05, 0.1) is 18.4 Å². The van der Waals surface area contributed by atoms with Crippen molar-refractivity contribution in [1.29, 1.82) is 0 Å². The summed E-state index contributed by atoms with van der Waals surface area (Å²) >= 11 is 0. The molecule has 0 atom stereocenters. The molecule has 3 aromatic carbocycles. The van der Waals surface area contributed by atoms with Gasteiger partial charge in [-0.15, -0.1) is 0 Å². The molecule has 0 fully saturated rings. The Labute approximate surface area is 161 Å². The monoisotopic (exact) mass is 379 g/mol. The van der Waals surface area contributed by atoms with Crippen LogP contribution in [0.4, 0.5) is 10.1 Å². The average Bonchev–Trinajstić information content (AvgIpc) is 2.71. The fraction of sp³-hybridized carbons (Fsp3) is 0.0909. The average molecular weight is 379 g/mol. The highest BCUT2D eigenvalue weighted by atomic mass is 19.1. The first-order valence-electron chi connectivity index (χ1n) is 8.48. The molecule has 1 N–H and O–H groups in total. The van der Waals surface area contributed by atoms with Crippen molar-refractivity contribution in [2.24, 2.45) is 4.99 Å². The third-order valence-electron chi connectivity index (χ3n) is 3.95. The number of aromatic carboxylic acids is 1. The van der Waals surface area contributed by atoms with Crippen LogP contribution in [0.5, 0.6) is 11.5 Å². The summed E-state index contributed by atoms with van der Waals surface area (Å²) in [5, 5.41) is 8.93. The van der Waals surface area contributed by atoms with Gasteiger partial charge in [0.15, 0.2) is 11.5 Å². The maximum Gasteiger partial charge on any atom is 0.335 e. The highest BCUT2D eigenvalue weighted by molar-refractivity contribution is 5.87. The summed E-state index contributed by atoms with van der Waals surface area (Å²) in [5.74, 6) is -0.227. The Kier molecular flexibility index (Phi) is 6.01. The molecule has 0 saturated carbocycles. The summed E-state index contributed by atoms with van der Waals surface area (Å²) in [5.41, 5.74) is 2.36. The van der Waals surface area contributed by atoms with Crippen LogP contribution in [0.3, 0.4) is 0 Å². The summed E-state index contributed by atoms with van der Waals surface area (Å²) in [4.78, 5) is 15.1. The van der Waals surface area contributed by atoms with Crippen LogP contribution in [0.15, 0.2) is 71.7 Å². The van der Waals surface area contributed by atoms with Crippen molar-refractivity contribution >= 4 is 17.9 Å². The maximum atomic E-state index is 13.2. The van der Waals surface area contributed by atoms with Crippen LogP contribution in [-0.4, -0.2) is 24.4 Å². The summed E-state index contributed by atoms with van der Waals surface area (Å²) in [6, 6.07) is 17.8. The van der Waals surface area contributed by atoms with Gasteiger partial charge in [0.1, 0.15) is 12.4 Å². The van der Waals surface area contributed by atoms with E-state index in [9.17, 15) is 9.18 Å². The Hall–Kier alpha value is -3.67.